The molecule has 2 spiro atoms. The highest BCUT2D eigenvalue weighted by Crippen LogP contribution is 2.91. The maximum Gasteiger partial charge on any atom is 0.471 e. The van der Waals surface area contributed by atoms with Crippen molar-refractivity contribution in [3.05, 3.63) is 12.7 Å². The second-order valence-corrected chi connectivity index (χ2v) is 14.9. The predicted molar refractivity (Wildman–Crippen MR) is 147 cm³/mol. The molecule has 0 heterocycles. The minimum Gasteiger partial charge on any atom is -0.464 e. The van der Waals surface area contributed by atoms with Crippen LogP contribution in [0.4, 0.5) is 13.2 Å². The first-order chi connectivity index (χ1) is 19.1. The second-order valence-electron chi connectivity index (χ2n) is 13.7. The quantitative estimate of drug-likeness (QED) is 0.296. The smallest absolute Gasteiger partial charge is 0.464 e. The molecule has 11 atom stereocenters. The van der Waals surface area contributed by atoms with Gasteiger partial charge in [0.2, 0.25) is 0 Å². The lowest BCUT2D eigenvalue weighted by Gasteiger charge is -2.49. The van der Waals surface area contributed by atoms with Gasteiger partial charge in [0.25, 0.3) is 0 Å². The van der Waals surface area contributed by atoms with E-state index in [2.05, 4.69) is 20.4 Å². The molecular weight excluding hydrogens is 559 g/mol. The molecule has 0 saturated heterocycles. The minimum atomic E-state index is -4.97. The van der Waals surface area contributed by atoms with Crippen LogP contribution in [0.1, 0.15) is 72.1 Å². The van der Waals surface area contributed by atoms with Gasteiger partial charge >= 0.3 is 18.1 Å². The van der Waals surface area contributed by atoms with E-state index in [-0.39, 0.29) is 64.8 Å². The number of Topliss-reactive ketones (excluding diaryl/α,β-unsaturated/α-hetero) is 1. The topological polar surface area (TPSA) is 113 Å². The van der Waals surface area contributed by atoms with Gasteiger partial charge in [0.1, 0.15) is 5.78 Å². The Morgan fingerprint density at radius 2 is 1.90 bits per heavy atom. The molecule has 0 radical (unpaired) electrons. The summed E-state index contributed by atoms with van der Waals surface area (Å²) >= 11 is 1.22. The average molecular weight is 602 g/mol. The van der Waals surface area contributed by atoms with E-state index in [1.54, 1.807) is 0 Å². The maximum atomic E-state index is 13.4. The molecule has 0 aromatic rings. The number of rotatable bonds is 7. The van der Waals surface area contributed by atoms with Crippen LogP contribution >= 0.6 is 11.8 Å². The van der Waals surface area contributed by atoms with Gasteiger partial charge in [-0.1, -0.05) is 26.8 Å². The lowest BCUT2D eigenvalue weighted by Crippen LogP contribution is -2.48. The number of thioether (sulfide) groups is 1. The number of hydrogen-bond donors (Lipinski definition) is 3. The summed E-state index contributed by atoms with van der Waals surface area (Å²) in [6.07, 6.45) is -0.648. The number of halogens is 3. The number of esters is 1. The van der Waals surface area contributed by atoms with Crippen LogP contribution in [0.2, 0.25) is 0 Å². The molecule has 5 saturated carbocycles. The van der Waals surface area contributed by atoms with Gasteiger partial charge in [0.15, 0.2) is 0 Å². The Labute approximate surface area is 243 Å². The molecule has 41 heavy (non-hydrogen) atoms. The third-order valence-corrected chi connectivity index (χ3v) is 13.4. The number of carbonyl (C=O) groups excluding carboxylic acids is 3. The second kappa shape index (κ2) is 10.3. The van der Waals surface area contributed by atoms with Gasteiger partial charge in [-0.3, -0.25) is 14.4 Å². The van der Waals surface area contributed by atoms with Crippen molar-refractivity contribution in [2.45, 2.75) is 102 Å². The van der Waals surface area contributed by atoms with Crippen LogP contribution in [0.25, 0.3) is 0 Å². The number of ether oxygens (including phenoxy) is 1. The third-order valence-electron chi connectivity index (χ3n) is 12.0. The number of aliphatic hydroxyl groups excluding tert-OH is 2. The number of ketones is 1. The molecule has 0 aromatic carbocycles. The van der Waals surface area contributed by atoms with Crippen molar-refractivity contribution in [2.75, 3.05) is 12.4 Å². The molecule has 0 aliphatic heterocycles. The van der Waals surface area contributed by atoms with Gasteiger partial charge in [0, 0.05) is 34.0 Å². The number of amides is 1. The Morgan fingerprint density at radius 3 is 2.54 bits per heavy atom. The van der Waals surface area contributed by atoms with Gasteiger partial charge in [-0.15, -0.1) is 18.3 Å². The number of carbonyl (C=O) groups is 3. The largest absolute Gasteiger partial charge is 0.471 e. The van der Waals surface area contributed by atoms with E-state index < -0.39 is 47.1 Å². The first-order valence-electron chi connectivity index (χ1n) is 14.8. The van der Waals surface area contributed by atoms with Crippen LogP contribution in [0.5, 0.6) is 0 Å². The van der Waals surface area contributed by atoms with Crippen molar-refractivity contribution in [1.82, 2.24) is 5.32 Å². The molecule has 5 fully saturated rings. The van der Waals surface area contributed by atoms with Gasteiger partial charge < -0.3 is 20.3 Å². The van der Waals surface area contributed by atoms with Crippen molar-refractivity contribution in [2.24, 2.45) is 39.4 Å². The van der Waals surface area contributed by atoms with Gasteiger partial charge in [0.05, 0.1) is 24.6 Å². The van der Waals surface area contributed by atoms with Gasteiger partial charge in [-0.05, 0) is 68.1 Å². The minimum absolute atomic E-state index is 0.00879. The lowest BCUT2D eigenvalue weighted by atomic mass is 9.57. The summed E-state index contributed by atoms with van der Waals surface area (Å²) in [6, 6.07) is -0.771. The van der Waals surface area contributed by atoms with Crippen LogP contribution in [0, 0.1) is 39.4 Å². The van der Waals surface area contributed by atoms with E-state index in [4.69, 9.17) is 4.74 Å². The average Bonchev–Trinajstić information content (AvgIpc) is 3.25. The lowest BCUT2D eigenvalue weighted by molar-refractivity contribution is -0.174. The molecule has 230 valence electrons. The predicted octanol–water partition coefficient (Wildman–Crippen LogP) is 4.20. The van der Waals surface area contributed by atoms with E-state index in [0.29, 0.717) is 25.7 Å². The number of aliphatic hydroxyl groups is 2. The Hall–Kier alpha value is -1.59. The van der Waals surface area contributed by atoms with Crippen molar-refractivity contribution in [1.29, 1.82) is 0 Å². The summed E-state index contributed by atoms with van der Waals surface area (Å²) < 4.78 is 43.6. The summed E-state index contributed by atoms with van der Waals surface area (Å²) in [5.41, 5.74) is -1.63. The zero-order valence-electron chi connectivity index (χ0n) is 24.0. The highest BCUT2D eigenvalue weighted by molar-refractivity contribution is 8.00. The molecule has 0 aromatic heterocycles. The zero-order valence-corrected chi connectivity index (χ0v) is 24.8. The molecule has 5 aliphatic carbocycles. The molecule has 0 bridgehead atoms. The summed E-state index contributed by atoms with van der Waals surface area (Å²) in [5, 5.41) is 23.5. The van der Waals surface area contributed by atoms with Crippen LogP contribution < -0.4 is 5.32 Å². The van der Waals surface area contributed by atoms with E-state index in [1.165, 1.54) is 11.8 Å². The van der Waals surface area contributed by atoms with Crippen LogP contribution in [-0.4, -0.2) is 69.9 Å². The van der Waals surface area contributed by atoms with Crippen LogP contribution in [0.15, 0.2) is 12.7 Å². The number of hydrogen-bond acceptors (Lipinski definition) is 7. The summed E-state index contributed by atoms with van der Waals surface area (Å²) in [6.45, 7) is 10.5. The van der Waals surface area contributed by atoms with Gasteiger partial charge in [-0.2, -0.15) is 13.2 Å². The first kappa shape index (κ1) is 30.9. The highest BCUT2D eigenvalue weighted by Gasteiger charge is 2.91. The van der Waals surface area contributed by atoms with Crippen LogP contribution in [0.3, 0.4) is 0 Å². The third kappa shape index (κ3) is 4.50. The van der Waals surface area contributed by atoms with E-state index >= 15 is 0 Å². The molecule has 7 nitrogen and oxygen atoms in total. The molecular formula is C30H42F3NO6S. The summed E-state index contributed by atoms with van der Waals surface area (Å²) in [4.78, 5) is 37.6. The zero-order chi connectivity index (χ0) is 30.2. The molecule has 11 unspecified atom stereocenters. The Kier molecular flexibility index (Phi) is 7.72. The molecule has 5 rings (SSSR count). The summed E-state index contributed by atoms with van der Waals surface area (Å²) in [7, 11) is 0. The van der Waals surface area contributed by atoms with Gasteiger partial charge in [-0.25, -0.2) is 0 Å². The molecule has 11 heteroatoms. The van der Waals surface area contributed by atoms with E-state index in [0.717, 1.165) is 12.8 Å². The van der Waals surface area contributed by atoms with Crippen molar-refractivity contribution in [3.8, 4) is 0 Å². The molecule has 5 aliphatic rings. The fourth-order valence-corrected chi connectivity index (χ4v) is 10.9. The number of alkyl halides is 3. The van der Waals surface area contributed by atoms with Crippen molar-refractivity contribution < 1.29 is 42.5 Å². The van der Waals surface area contributed by atoms with Crippen molar-refractivity contribution >= 4 is 29.4 Å². The van der Waals surface area contributed by atoms with E-state index in [9.17, 15) is 37.8 Å². The standard InChI is InChI=1S/C30H42F3NO6S/c1-5-26(4)10-11-27(16(2)13-29-21(36)8-9-28(29,24(27)29)17(3)23(26)38)15-40-22(37)14-41-20-7-6-18(12-19(20)35)34-25(39)30(31,32)33/h5,16-20,23-24,35,38H,1,6-15H2,2-4H3,(H,34,39). The first-order valence-corrected chi connectivity index (χ1v) is 15.8. The Bertz CT molecular complexity index is 1120. The number of nitrogens with one attached hydrogen (secondary N) is 1. The summed E-state index contributed by atoms with van der Waals surface area (Å²) in [5.74, 6) is -2.00. The fraction of sp³-hybridized carbons (Fsp3) is 0.833. The Morgan fingerprint density at radius 1 is 1.20 bits per heavy atom. The fourth-order valence-electron chi connectivity index (χ4n) is 9.81. The SMILES string of the molecule is C=CC1(C)CCC2(COC(=O)CSC3CCC(NC(=O)C(F)(F)F)CC3O)C(C)CC34C(=O)CCC3(C(C)C1O)C24. The van der Waals surface area contributed by atoms with Crippen LogP contribution in [-0.2, 0) is 19.1 Å². The monoisotopic (exact) mass is 601 g/mol. The van der Waals surface area contributed by atoms with E-state index in [1.807, 2.05) is 18.3 Å². The molecule has 1 amide bonds. The highest BCUT2D eigenvalue weighted by atomic mass is 32.2. The maximum absolute atomic E-state index is 13.4. The van der Waals surface area contributed by atoms with Crippen molar-refractivity contribution in [3.63, 3.8) is 0 Å². The molecule has 3 N–H and O–H groups in total. The normalized spacial score (nSPS) is 47.0. The Balaban J connectivity index is 1.23.